The Balaban J connectivity index is 0.00000220. The Hall–Kier alpha value is -1.01. The van der Waals surface area contributed by atoms with Gasteiger partial charge in [-0.25, -0.2) is 0 Å². The minimum Gasteiger partial charge on any atom is -0.354 e. The van der Waals surface area contributed by atoms with Crippen molar-refractivity contribution < 1.29 is 0 Å². The lowest BCUT2D eigenvalue weighted by Crippen LogP contribution is -2.26. The van der Waals surface area contributed by atoms with Crippen molar-refractivity contribution in [2.24, 2.45) is 0 Å². The fourth-order valence-electron chi connectivity index (χ4n) is 2.07. The minimum atomic E-state index is 0. The second kappa shape index (κ2) is 8.44. The van der Waals surface area contributed by atoms with Gasteiger partial charge in [0, 0.05) is 0 Å². The van der Waals surface area contributed by atoms with Crippen molar-refractivity contribution in [2.45, 2.75) is 19.9 Å². The molecule has 0 unspecified atom stereocenters. The molecule has 0 saturated heterocycles. The Morgan fingerprint density at radius 3 is 1.62 bits per heavy atom. The average molecular weight is 412 g/mol. The molecule has 4 heteroatoms. The molecule has 0 spiro atoms. The second-order valence-electron chi connectivity index (χ2n) is 4.93. The van der Waals surface area contributed by atoms with Gasteiger partial charge >= 0.3 is 0 Å². The zero-order valence-electron chi connectivity index (χ0n) is 12.5. The van der Waals surface area contributed by atoms with Crippen LogP contribution in [0.25, 0.3) is 0 Å². The van der Waals surface area contributed by atoms with Crippen molar-refractivity contribution >= 4 is 40.9 Å². The lowest BCUT2D eigenvalue weighted by molar-refractivity contribution is 0.766. The summed E-state index contributed by atoms with van der Waals surface area (Å²) in [6, 6.07) is 17.0. The van der Waals surface area contributed by atoms with Gasteiger partial charge in [0.25, 0.3) is 0 Å². The molecule has 0 saturated carbocycles. The van der Waals surface area contributed by atoms with Crippen LogP contribution in [0.5, 0.6) is 0 Å². The number of hydrogen-bond acceptors (Lipinski definition) is 2. The molecule has 2 N–H and O–H groups in total. The molecule has 21 heavy (non-hydrogen) atoms. The number of nitrogens with one attached hydrogen (secondary N) is 2. The first-order valence-corrected chi connectivity index (χ1v) is 7.85. The van der Waals surface area contributed by atoms with Gasteiger partial charge in [0.2, 0.25) is 0 Å². The summed E-state index contributed by atoms with van der Waals surface area (Å²) in [5, 5.41) is 11.7. The first-order valence-electron chi connectivity index (χ1n) is 6.62. The van der Waals surface area contributed by atoms with Gasteiger partial charge < -0.3 is 5.32 Å². The predicted molar refractivity (Wildman–Crippen MR) is 104 cm³/mol. The molecule has 0 aliphatic carbocycles. The van der Waals surface area contributed by atoms with Gasteiger partial charge in [0.1, 0.15) is 0 Å². The molecule has 0 aromatic heterocycles. The maximum atomic E-state index is 7.90. The molecular weight excluding hydrogens is 391 g/mol. The Bertz CT molecular complexity index is 533. The first kappa shape index (κ1) is 18.0. The first-order chi connectivity index (χ1) is 9.60. The van der Waals surface area contributed by atoms with Crippen molar-refractivity contribution in [3.05, 3.63) is 70.8 Å². The topological polar surface area (TPSA) is 35.9 Å². The van der Waals surface area contributed by atoms with Crippen molar-refractivity contribution in [2.75, 3.05) is 6.26 Å². The third-order valence-corrected chi connectivity index (χ3v) is 3.83. The van der Waals surface area contributed by atoms with E-state index in [0.717, 1.165) is 0 Å². The maximum absolute atomic E-state index is 7.90. The molecule has 0 radical (unpaired) electrons. The molecule has 2 aromatic carbocycles. The number of halogens is 1. The van der Waals surface area contributed by atoms with Gasteiger partial charge in [-0.2, -0.15) is 0 Å². The maximum Gasteiger partial charge on any atom is 0.154 e. The lowest BCUT2D eigenvalue weighted by atomic mass is 9.97. The highest BCUT2D eigenvalue weighted by molar-refractivity contribution is 14.0. The summed E-state index contributed by atoms with van der Waals surface area (Å²) in [5.41, 5.74) is 4.85. The van der Waals surface area contributed by atoms with Crippen molar-refractivity contribution in [1.29, 1.82) is 5.41 Å². The van der Waals surface area contributed by atoms with E-state index in [2.05, 4.69) is 67.7 Å². The lowest BCUT2D eigenvalue weighted by Gasteiger charge is -2.21. The van der Waals surface area contributed by atoms with Gasteiger partial charge in [-0.3, -0.25) is 5.41 Å². The Morgan fingerprint density at radius 2 is 1.29 bits per heavy atom. The number of rotatable bonds is 3. The molecule has 0 atom stereocenters. The van der Waals surface area contributed by atoms with E-state index in [4.69, 9.17) is 5.41 Å². The molecule has 0 amide bonds. The minimum absolute atomic E-state index is 0. The Labute approximate surface area is 148 Å². The normalized spacial score (nSPS) is 10.1. The number of thioether (sulfide) groups is 1. The van der Waals surface area contributed by atoms with Crippen LogP contribution in [-0.4, -0.2) is 11.4 Å². The van der Waals surface area contributed by atoms with Crippen LogP contribution in [0.3, 0.4) is 0 Å². The quantitative estimate of drug-likeness (QED) is 0.428. The molecule has 0 aliphatic heterocycles. The SMILES string of the molecule is CSC(=N)NC(c1ccc(C)cc1)c1ccc(C)cc1.I. The summed E-state index contributed by atoms with van der Waals surface area (Å²) in [7, 11) is 0. The number of amidine groups is 1. The van der Waals surface area contributed by atoms with E-state index >= 15 is 0 Å². The van der Waals surface area contributed by atoms with Gasteiger partial charge in [-0.1, -0.05) is 71.4 Å². The van der Waals surface area contributed by atoms with Gasteiger partial charge in [0.15, 0.2) is 5.17 Å². The van der Waals surface area contributed by atoms with Crippen molar-refractivity contribution in [1.82, 2.24) is 5.32 Å². The third-order valence-electron chi connectivity index (χ3n) is 3.30. The van der Waals surface area contributed by atoms with Crippen molar-refractivity contribution in [3.8, 4) is 0 Å². The molecule has 0 fully saturated rings. The largest absolute Gasteiger partial charge is 0.354 e. The van der Waals surface area contributed by atoms with Crippen LogP contribution in [0.1, 0.15) is 28.3 Å². The van der Waals surface area contributed by atoms with E-state index in [0.29, 0.717) is 5.17 Å². The molecule has 0 aliphatic rings. The molecule has 0 bridgehead atoms. The van der Waals surface area contributed by atoms with E-state index in [9.17, 15) is 0 Å². The monoisotopic (exact) mass is 412 g/mol. The van der Waals surface area contributed by atoms with Crippen molar-refractivity contribution in [3.63, 3.8) is 0 Å². The predicted octanol–water partition coefficient (Wildman–Crippen LogP) is 4.90. The number of hydrogen-bond donors (Lipinski definition) is 2. The zero-order valence-corrected chi connectivity index (χ0v) is 15.7. The summed E-state index contributed by atoms with van der Waals surface area (Å²) < 4.78 is 0. The molecule has 2 aromatic rings. The van der Waals surface area contributed by atoms with E-state index < -0.39 is 0 Å². The van der Waals surface area contributed by atoms with Crippen LogP contribution in [0, 0.1) is 19.3 Å². The summed E-state index contributed by atoms with van der Waals surface area (Å²) >= 11 is 1.42. The van der Waals surface area contributed by atoms with Gasteiger partial charge in [-0.15, -0.1) is 24.0 Å². The highest BCUT2D eigenvalue weighted by Gasteiger charge is 2.14. The molecule has 0 heterocycles. The van der Waals surface area contributed by atoms with Crippen LogP contribution in [-0.2, 0) is 0 Å². The van der Waals surface area contributed by atoms with Gasteiger partial charge in [-0.05, 0) is 31.2 Å². The summed E-state index contributed by atoms with van der Waals surface area (Å²) in [5.74, 6) is 0. The van der Waals surface area contributed by atoms with Crippen LogP contribution in [0.2, 0.25) is 0 Å². The van der Waals surface area contributed by atoms with Gasteiger partial charge in [0.05, 0.1) is 6.04 Å². The Kier molecular flexibility index (Phi) is 7.25. The van der Waals surface area contributed by atoms with Crippen LogP contribution < -0.4 is 5.32 Å². The van der Waals surface area contributed by atoms with E-state index in [1.165, 1.54) is 34.0 Å². The van der Waals surface area contributed by atoms with E-state index in [1.807, 2.05) is 6.26 Å². The third kappa shape index (κ3) is 5.04. The zero-order chi connectivity index (χ0) is 14.5. The highest BCUT2D eigenvalue weighted by atomic mass is 127. The fraction of sp³-hybridized carbons (Fsp3) is 0.235. The smallest absolute Gasteiger partial charge is 0.154 e. The molecule has 2 rings (SSSR count). The second-order valence-corrected chi connectivity index (χ2v) is 5.75. The van der Waals surface area contributed by atoms with E-state index in [-0.39, 0.29) is 30.0 Å². The highest BCUT2D eigenvalue weighted by Crippen LogP contribution is 2.23. The molecular formula is C17H21IN2S. The van der Waals surface area contributed by atoms with Crippen LogP contribution in [0.4, 0.5) is 0 Å². The summed E-state index contributed by atoms with van der Waals surface area (Å²) in [6.07, 6.45) is 1.91. The Morgan fingerprint density at radius 1 is 0.905 bits per heavy atom. The number of benzene rings is 2. The number of aryl methyl sites for hydroxylation is 2. The fourth-order valence-corrected chi connectivity index (χ4v) is 2.30. The standard InChI is InChI=1S/C17H20N2S.HI/c1-12-4-8-14(9-5-12)16(19-17(18)20-3)15-10-6-13(2)7-11-15;/h4-11,16H,1-3H3,(H2,18,19);1H. The van der Waals surface area contributed by atoms with E-state index in [1.54, 1.807) is 0 Å². The molecule has 112 valence electrons. The van der Waals surface area contributed by atoms with Crippen LogP contribution >= 0.6 is 35.7 Å². The molecule has 2 nitrogen and oxygen atoms in total. The summed E-state index contributed by atoms with van der Waals surface area (Å²) in [4.78, 5) is 0. The van der Waals surface area contributed by atoms with Crippen LogP contribution in [0.15, 0.2) is 48.5 Å². The summed E-state index contributed by atoms with van der Waals surface area (Å²) in [6.45, 7) is 4.17. The average Bonchev–Trinajstić information content (AvgIpc) is 2.46.